The third-order valence-electron chi connectivity index (χ3n) is 1.92. The first-order valence-electron chi connectivity index (χ1n) is 3.79. The maximum atomic E-state index is 13.5. The zero-order valence-electron chi connectivity index (χ0n) is 6.84. The molecule has 0 saturated carbocycles. The third kappa shape index (κ3) is 1.37. The summed E-state index contributed by atoms with van der Waals surface area (Å²) < 4.78 is 13.9. The van der Waals surface area contributed by atoms with E-state index in [0.29, 0.717) is 14.5 Å². The van der Waals surface area contributed by atoms with Crippen molar-refractivity contribution in [3.05, 3.63) is 33.3 Å². The largest absolute Gasteiger partial charge is 0.477 e. The Kier molecular flexibility index (Phi) is 2.18. The van der Waals surface area contributed by atoms with Crippen molar-refractivity contribution in [3.63, 3.8) is 0 Å². The van der Waals surface area contributed by atoms with E-state index in [1.165, 1.54) is 6.07 Å². The summed E-state index contributed by atoms with van der Waals surface area (Å²) in [7, 11) is 0. The number of hydrogen-bond donors (Lipinski definition) is 2. The number of hydrogen-bond acceptors (Lipinski definition) is 1. The zero-order chi connectivity index (χ0) is 10.3. The van der Waals surface area contributed by atoms with Crippen molar-refractivity contribution < 1.29 is 14.3 Å². The maximum absolute atomic E-state index is 13.5. The van der Waals surface area contributed by atoms with E-state index in [2.05, 4.69) is 4.98 Å². The average Bonchev–Trinajstić information content (AvgIpc) is 2.56. The fraction of sp³-hybridized carbons (Fsp3) is 0. The second-order valence-electron chi connectivity index (χ2n) is 2.81. The summed E-state index contributed by atoms with van der Waals surface area (Å²) in [4.78, 5) is 13.2. The van der Waals surface area contributed by atoms with Crippen molar-refractivity contribution in [3.8, 4) is 0 Å². The normalized spacial score (nSPS) is 10.7. The van der Waals surface area contributed by atoms with Crippen LogP contribution >= 0.6 is 22.6 Å². The molecule has 1 aromatic carbocycles. The highest BCUT2D eigenvalue weighted by molar-refractivity contribution is 14.1. The number of H-pyrrole nitrogens is 1. The Balaban J connectivity index is 2.77. The fourth-order valence-electron chi connectivity index (χ4n) is 1.26. The first kappa shape index (κ1) is 9.45. The summed E-state index contributed by atoms with van der Waals surface area (Å²) in [5.74, 6) is -1.47. The quantitative estimate of drug-likeness (QED) is 0.796. The van der Waals surface area contributed by atoms with Crippen molar-refractivity contribution in [2.45, 2.75) is 0 Å². The second-order valence-corrected chi connectivity index (χ2v) is 3.97. The Morgan fingerprint density at radius 3 is 2.86 bits per heavy atom. The molecule has 72 valence electrons. The van der Waals surface area contributed by atoms with Crippen LogP contribution in [0, 0.1) is 9.39 Å². The maximum Gasteiger partial charge on any atom is 0.352 e. The van der Waals surface area contributed by atoms with Crippen LogP contribution in [0.15, 0.2) is 18.2 Å². The van der Waals surface area contributed by atoms with Gasteiger partial charge in [0.15, 0.2) is 0 Å². The molecule has 0 aliphatic carbocycles. The highest BCUT2D eigenvalue weighted by Crippen LogP contribution is 2.22. The number of carboxylic acids is 1. The van der Waals surface area contributed by atoms with E-state index in [0.717, 1.165) is 0 Å². The number of benzene rings is 1. The molecule has 5 heteroatoms. The van der Waals surface area contributed by atoms with Crippen molar-refractivity contribution in [1.29, 1.82) is 0 Å². The van der Waals surface area contributed by atoms with Gasteiger partial charge in [-0.3, -0.25) is 0 Å². The fourth-order valence-corrected chi connectivity index (χ4v) is 1.73. The van der Waals surface area contributed by atoms with Gasteiger partial charge in [0.25, 0.3) is 0 Å². The van der Waals surface area contributed by atoms with Crippen LogP contribution in [0.25, 0.3) is 10.9 Å². The minimum Gasteiger partial charge on any atom is -0.477 e. The molecular weight excluding hydrogens is 300 g/mol. The van der Waals surface area contributed by atoms with Crippen LogP contribution in [0.3, 0.4) is 0 Å². The monoisotopic (exact) mass is 305 g/mol. The molecule has 2 N–H and O–H groups in total. The van der Waals surface area contributed by atoms with Gasteiger partial charge in [0.2, 0.25) is 0 Å². The van der Waals surface area contributed by atoms with Gasteiger partial charge < -0.3 is 10.1 Å². The molecule has 14 heavy (non-hydrogen) atoms. The van der Waals surface area contributed by atoms with Crippen LogP contribution in [0.1, 0.15) is 10.5 Å². The number of halogens is 2. The second kappa shape index (κ2) is 3.23. The Morgan fingerprint density at radius 2 is 2.21 bits per heavy atom. The molecule has 0 aliphatic rings. The minimum absolute atomic E-state index is 0.000833. The zero-order valence-corrected chi connectivity index (χ0v) is 9.00. The van der Waals surface area contributed by atoms with Gasteiger partial charge in [0, 0.05) is 14.5 Å². The molecular formula is C9H5FINO2. The molecule has 0 radical (unpaired) electrons. The van der Waals surface area contributed by atoms with Gasteiger partial charge in [-0.25, -0.2) is 9.18 Å². The van der Waals surface area contributed by atoms with Crippen LogP contribution < -0.4 is 0 Å². The van der Waals surface area contributed by atoms with Gasteiger partial charge >= 0.3 is 5.97 Å². The molecule has 0 bridgehead atoms. The molecule has 0 spiro atoms. The first-order valence-corrected chi connectivity index (χ1v) is 4.87. The molecule has 0 amide bonds. The van der Waals surface area contributed by atoms with E-state index >= 15 is 0 Å². The lowest BCUT2D eigenvalue weighted by molar-refractivity contribution is 0.0691. The van der Waals surface area contributed by atoms with Crippen LogP contribution in [-0.2, 0) is 0 Å². The van der Waals surface area contributed by atoms with E-state index in [4.69, 9.17) is 5.11 Å². The topological polar surface area (TPSA) is 53.1 Å². The van der Waals surface area contributed by atoms with Gasteiger partial charge in [-0.1, -0.05) is 0 Å². The molecule has 1 heterocycles. The minimum atomic E-state index is -1.09. The summed E-state index contributed by atoms with van der Waals surface area (Å²) in [6.07, 6.45) is 0. The van der Waals surface area contributed by atoms with Gasteiger partial charge in [-0.05, 0) is 40.8 Å². The van der Waals surface area contributed by atoms with Crippen molar-refractivity contribution in [2.75, 3.05) is 0 Å². The van der Waals surface area contributed by atoms with E-state index in [-0.39, 0.29) is 11.5 Å². The number of nitrogens with one attached hydrogen (secondary N) is 1. The van der Waals surface area contributed by atoms with Crippen LogP contribution in [0.2, 0.25) is 0 Å². The first-order chi connectivity index (χ1) is 6.59. The number of rotatable bonds is 1. The third-order valence-corrected chi connectivity index (χ3v) is 2.75. The number of carbonyl (C=O) groups is 1. The van der Waals surface area contributed by atoms with Gasteiger partial charge in [0.05, 0.1) is 0 Å². The molecule has 0 fully saturated rings. The highest BCUT2D eigenvalue weighted by atomic mass is 127. The van der Waals surface area contributed by atoms with Gasteiger partial charge in [0.1, 0.15) is 11.5 Å². The summed E-state index contributed by atoms with van der Waals surface area (Å²) in [5, 5.41) is 9.00. The lowest BCUT2D eigenvalue weighted by Crippen LogP contribution is -1.94. The number of aromatic carboxylic acids is 1. The molecule has 3 nitrogen and oxygen atoms in total. The van der Waals surface area contributed by atoms with Crippen molar-refractivity contribution in [1.82, 2.24) is 4.98 Å². The molecule has 1 aromatic heterocycles. The van der Waals surface area contributed by atoms with E-state index in [9.17, 15) is 9.18 Å². The summed E-state index contributed by atoms with van der Waals surface area (Å²) >= 11 is 1.86. The van der Waals surface area contributed by atoms with E-state index in [1.54, 1.807) is 12.1 Å². The Bertz CT molecular complexity index is 521. The molecule has 2 aromatic rings. The summed E-state index contributed by atoms with van der Waals surface area (Å²) in [6, 6.07) is 4.56. The van der Waals surface area contributed by atoms with Gasteiger partial charge in [-0.15, -0.1) is 0 Å². The Morgan fingerprint density at radius 1 is 1.50 bits per heavy atom. The van der Waals surface area contributed by atoms with Gasteiger partial charge in [-0.2, -0.15) is 0 Å². The van der Waals surface area contributed by atoms with Crippen molar-refractivity contribution >= 4 is 39.5 Å². The Labute approximate surface area is 92.1 Å². The lowest BCUT2D eigenvalue weighted by atomic mass is 10.2. The number of aromatic nitrogens is 1. The summed E-state index contributed by atoms with van der Waals surface area (Å²) in [5.41, 5.74) is 0.501. The number of carboxylic acid groups (broad SMARTS) is 1. The van der Waals surface area contributed by atoms with Crippen LogP contribution in [0.4, 0.5) is 4.39 Å². The average molecular weight is 305 g/mol. The molecule has 0 saturated heterocycles. The smallest absolute Gasteiger partial charge is 0.352 e. The summed E-state index contributed by atoms with van der Waals surface area (Å²) in [6.45, 7) is 0. The number of aromatic amines is 1. The van der Waals surface area contributed by atoms with Crippen LogP contribution in [-0.4, -0.2) is 16.1 Å². The Hall–Kier alpha value is -1.11. The highest BCUT2D eigenvalue weighted by Gasteiger charge is 2.11. The standard InChI is InChI=1S/C9H5FINO2/c10-8-4-3-7(9(13)14)12-6(4)2-1-5(8)11/h1-3,12H,(H,13,14). The molecule has 2 rings (SSSR count). The predicted molar refractivity (Wildman–Crippen MR) is 57.9 cm³/mol. The predicted octanol–water partition coefficient (Wildman–Crippen LogP) is 2.61. The number of fused-ring (bicyclic) bond motifs is 1. The van der Waals surface area contributed by atoms with E-state index in [1.807, 2.05) is 22.6 Å². The van der Waals surface area contributed by atoms with Crippen LogP contribution in [0.5, 0.6) is 0 Å². The lowest BCUT2D eigenvalue weighted by Gasteiger charge is -1.94. The van der Waals surface area contributed by atoms with E-state index < -0.39 is 5.97 Å². The molecule has 0 atom stereocenters. The van der Waals surface area contributed by atoms with Crippen molar-refractivity contribution in [2.24, 2.45) is 0 Å². The molecule has 0 unspecified atom stereocenters. The molecule has 0 aliphatic heterocycles. The SMILES string of the molecule is O=C(O)c1cc2c(F)c(I)ccc2[nH]1.